The van der Waals surface area contributed by atoms with Crippen LogP contribution in [0.1, 0.15) is 11.1 Å². The first-order valence-electron chi connectivity index (χ1n) is 7.34. The van der Waals surface area contributed by atoms with E-state index in [1.807, 2.05) is 12.1 Å². The van der Waals surface area contributed by atoms with Gasteiger partial charge in [0.25, 0.3) is 5.56 Å². The van der Waals surface area contributed by atoms with E-state index in [0.717, 1.165) is 11.1 Å². The number of nitrogens with two attached hydrogens (primary N) is 1. The number of halogens is 1. The van der Waals surface area contributed by atoms with Crippen molar-refractivity contribution in [1.82, 2.24) is 19.5 Å². The molecule has 0 unspecified atom stereocenters. The van der Waals surface area contributed by atoms with Gasteiger partial charge in [0, 0.05) is 0 Å². The van der Waals surface area contributed by atoms with Gasteiger partial charge in [0.1, 0.15) is 6.35 Å². The number of rotatable bonds is 6. The lowest BCUT2D eigenvalue weighted by Gasteiger charge is -2.09. The van der Waals surface area contributed by atoms with Crippen LogP contribution in [-0.4, -0.2) is 35.7 Å². The van der Waals surface area contributed by atoms with Gasteiger partial charge in [0.05, 0.1) is 13.2 Å². The van der Waals surface area contributed by atoms with E-state index in [-0.39, 0.29) is 18.1 Å². The fourth-order valence-corrected chi connectivity index (χ4v) is 3.22. The molecule has 2 aromatic heterocycles. The van der Waals surface area contributed by atoms with Crippen molar-refractivity contribution in [3.8, 4) is 0 Å². The van der Waals surface area contributed by atoms with Crippen LogP contribution in [0.4, 0.5) is 5.95 Å². The predicted molar refractivity (Wildman–Crippen MR) is 97.5 cm³/mol. The van der Waals surface area contributed by atoms with Crippen LogP contribution in [0.15, 0.2) is 33.8 Å². The number of nitrogen functional groups attached to an aromatic ring is 1. The van der Waals surface area contributed by atoms with Crippen LogP contribution < -0.4 is 11.3 Å². The highest BCUT2D eigenvalue weighted by molar-refractivity contribution is 9.10. The molecule has 0 aliphatic carbocycles. The molecule has 12 heteroatoms. The average Bonchev–Trinajstić information content (AvgIpc) is 2.83. The largest absolute Gasteiger partial charge is 0.369 e. The summed E-state index contributed by atoms with van der Waals surface area (Å²) in [6.45, 7) is 0.426. The van der Waals surface area contributed by atoms with Crippen molar-refractivity contribution in [2.75, 3.05) is 12.1 Å². The Morgan fingerprint density at radius 2 is 2.04 bits per heavy atom. The zero-order chi connectivity index (χ0) is 18.9. The Hall–Kier alpha value is -2.04. The number of nitrogens with one attached hydrogen (secondary N) is 1. The minimum absolute atomic E-state index is 0.00395. The molecule has 1 aromatic carbocycles. The number of imidazole rings is 1. The van der Waals surface area contributed by atoms with Crippen molar-refractivity contribution in [1.29, 1.82) is 0 Å². The SMILES string of the molecule is Nc1nc2c(nc(Br)n2Cc2cccc(COCP(=O)(O)O)c2)c(=O)[nH]1. The zero-order valence-corrected chi connectivity index (χ0v) is 15.8. The molecule has 26 heavy (non-hydrogen) atoms. The van der Waals surface area contributed by atoms with E-state index in [2.05, 4.69) is 30.9 Å². The molecule has 3 aromatic rings. The van der Waals surface area contributed by atoms with Crippen LogP contribution in [0, 0.1) is 0 Å². The van der Waals surface area contributed by atoms with Gasteiger partial charge in [-0.2, -0.15) is 4.98 Å². The predicted octanol–water partition coefficient (Wildman–Crippen LogP) is 1.16. The molecule has 0 spiro atoms. The highest BCUT2D eigenvalue weighted by Crippen LogP contribution is 2.34. The fourth-order valence-electron chi connectivity index (χ4n) is 2.42. The lowest BCUT2D eigenvalue weighted by Crippen LogP contribution is -2.12. The lowest BCUT2D eigenvalue weighted by molar-refractivity contribution is 0.144. The average molecular weight is 444 g/mol. The van der Waals surface area contributed by atoms with Crippen molar-refractivity contribution < 1.29 is 19.1 Å². The quantitative estimate of drug-likeness (QED) is 0.326. The third-order valence-corrected chi connectivity index (χ3v) is 4.56. The second kappa shape index (κ2) is 7.29. The summed E-state index contributed by atoms with van der Waals surface area (Å²) in [5, 5.41) is 0. The second-order valence-electron chi connectivity index (χ2n) is 5.55. The van der Waals surface area contributed by atoms with Gasteiger partial charge in [-0.15, -0.1) is 0 Å². The maximum absolute atomic E-state index is 11.9. The molecule has 0 atom stereocenters. The summed E-state index contributed by atoms with van der Waals surface area (Å²) in [4.78, 5) is 40.2. The number of H-pyrrole nitrogens is 1. The third-order valence-electron chi connectivity index (χ3n) is 3.44. The van der Waals surface area contributed by atoms with Gasteiger partial charge in [0.15, 0.2) is 15.9 Å². The summed E-state index contributed by atoms with van der Waals surface area (Å²) in [7, 11) is -4.20. The lowest BCUT2D eigenvalue weighted by atomic mass is 10.1. The monoisotopic (exact) mass is 443 g/mol. The minimum atomic E-state index is -4.20. The second-order valence-corrected chi connectivity index (χ2v) is 7.85. The number of nitrogens with zero attached hydrogens (tertiary/aromatic N) is 3. The van der Waals surface area contributed by atoms with Gasteiger partial charge in [0.2, 0.25) is 5.95 Å². The minimum Gasteiger partial charge on any atom is -0.369 e. The summed E-state index contributed by atoms with van der Waals surface area (Å²) in [5.41, 5.74) is 7.32. The Balaban J connectivity index is 1.85. The maximum atomic E-state index is 11.9. The topological polar surface area (TPSA) is 156 Å². The number of aromatic nitrogens is 4. The molecule has 0 amide bonds. The van der Waals surface area contributed by atoms with E-state index in [4.69, 9.17) is 20.3 Å². The molecule has 0 saturated heterocycles. The van der Waals surface area contributed by atoms with Gasteiger partial charge in [-0.3, -0.25) is 18.9 Å². The van der Waals surface area contributed by atoms with Crippen molar-refractivity contribution in [3.63, 3.8) is 0 Å². The number of benzene rings is 1. The Labute approximate surface area is 155 Å². The van der Waals surface area contributed by atoms with E-state index < -0.39 is 19.5 Å². The summed E-state index contributed by atoms with van der Waals surface area (Å²) < 4.78 is 18.0. The molecule has 10 nitrogen and oxygen atoms in total. The van der Waals surface area contributed by atoms with Crippen LogP contribution in [-0.2, 0) is 22.5 Å². The molecule has 0 aliphatic rings. The maximum Gasteiger partial charge on any atom is 0.350 e. The summed E-state index contributed by atoms with van der Waals surface area (Å²) in [5.74, 6) is -0.00395. The third kappa shape index (κ3) is 4.37. The highest BCUT2D eigenvalue weighted by Gasteiger charge is 2.15. The molecule has 5 N–H and O–H groups in total. The van der Waals surface area contributed by atoms with E-state index in [0.29, 0.717) is 16.9 Å². The standard InChI is InChI=1S/C14H15BrN5O5P/c15-13-17-10-11(18-14(16)19-12(10)21)20(13)5-8-2-1-3-9(4-8)6-25-7-26(22,23)24/h1-4H,5-7H2,(H2,22,23,24)(H3,16,18,19,21). The number of aromatic amines is 1. The first-order chi connectivity index (χ1) is 12.2. The van der Waals surface area contributed by atoms with Gasteiger partial charge >= 0.3 is 7.60 Å². The molecule has 0 fully saturated rings. The Kier molecular flexibility index (Phi) is 5.26. The van der Waals surface area contributed by atoms with Crippen molar-refractivity contribution in [3.05, 3.63) is 50.5 Å². The normalized spacial score (nSPS) is 12.0. The van der Waals surface area contributed by atoms with E-state index in [1.165, 1.54) is 0 Å². The Morgan fingerprint density at radius 3 is 2.77 bits per heavy atom. The van der Waals surface area contributed by atoms with Gasteiger partial charge in [-0.25, -0.2) is 4.98 Å². The van der Waals surface area contributed by atoms with E-state index in [1.54, 1.807) is 16.7 Å². The van der Waals surface area contributed by atoms with Crippen LogP contribution in [0.5, 0.6) is 0 Å². The van der Waals surface area contributed by atoms with Crippen molar-refractivity contribution >= 4 is 40.6 Å². The number of anilines is 1. The zero-order valence-electron chi connectivity index (χ0n) is 13.3. The molecule has 3 rings (SSSR count). The fraction of sp³-hybridized carbons (Fsp3) is 0.214. The Morgan fingerprint density at radius 1 is 1.31 bits per heavy atom. The van der Waals surface area contributed by atoms with E-state index in [9.17, 15) is 9.36 Å². The number of hydrogen-bond donors (Lipinski definition) is 4. The number of hydrogen-bond acceptors (Lipinski definition) is 6. The molecule has 0 saturated carbocycles. The molecule has 138 valence electrons. The van der Waals surface area contributed by atoms with Crippen LogP contribution in [0.2, 0.25) is 0 Å². The molecule has 2 heterocycles. The molecule has 0 bridgehead atoms. The van der Waals surface area contributed by atoms with E-state index >= 15 is 0 Å². The molecular formula is C14H15BrN5O5P. The van der Waals surface area contributed by atoms with Gasteiger partial charge in [-0.1, -0.05) is 24.3 Å². The van der Waals surface area contributed by atoms with Gasteiger partial charge < -0.3 is 20.3 Å². The molecule has 0 aliphatic heterocycles. The first kappa shape index (κ1) is 18.7. The van der Waals surface area contributed by atoms with Gasteiger partial charge in [-0.05, 0) is 27.1 Å². The van der Waals surface area contributed by atoms with Crippen molar-refractivity contribution in [2.24, 2.45) is 0 Å². The number of ether oxygens (including phenoxy) is 1. The summed E-state index contributed by atoms with van der Waals surface area (Å²) in [6, 6.07) is 7.27. The number of fused-ring (bicyclic) bond motifs is 1. The highest BCUT2D eigenvalue weighted by atomic mass is 79.9. The molecular weight excluding hydrogens is 429 g/mol. The smallest absolute Gasteiger partial charge is 0.350 e. The summed E-state index contributed by atoms with van der Waals surface area (Å²) in [6.07, 6.45) is -0.638. The first-order valence-corrected chi connectivity index (χ1v) is 9.93. The Bertz CT molecular complexity index is 1060. The van der Waals surface area contributed by atoms with Crippen molar-refractivity contribution in [2.45, 2.75) is 13.2 Å². The van der Waals surface area contributed by atoms with Crippen LogP contribution in [0.3, 0.4) is 0 Å². The summed E-state index contributed by atoms with van der Waals surface area (Å²) >= 11 is 3.32. The van der Waals surface area contributed by atoms with Crippen LogP contribution in [0.25, 0.3) is 11.2 Å². The van der Waals surface area contributed by atoms with Crippen LogP contribution >= 0.6 is 23.5 Å². The molecule has 0 radical (unpaired) electrons.